The zero-order valence-electron chi connectivity index (χ0n) is 20.7. The highest BCUT2D eigenvalue weighted by Gasteiger charge is 2.55. The summed E-state index contributed by atoms with van der Waals surface area (Å²) in [5.74, 6) is 1.07. The van der Waals surface area contributed by atoms with Crippen LogP contribution in [0.4, 0.5) is 0 Å². The van der Waals surface area contributed by atoms with E-state index in [1.165, 1.54) is 5.56 Å². The molecule has 5 rings (SSSR count). The highest BCUT2D eigenvalue weighted by molar-refractivity contribution is 5.91. The van der Waals surface area contributed by atoms with Gasteiger partial charge in [-0.15, -0.1) is 0 Å². The summed E-state index contributed by atoms with van der Waals surface area (Å²) >= 11 is 0. The fourth-order valence-corrected chi connectivity index (χ4v) is 6.49. The summed E-state index contributed by atoms with van der Waals surface area (Å²) in [5.41, 5.74) is 2.86. The molecule has 1 N–H and O–H groups in total. The van der Waals surface area contributed by atoms with Crippen molar-refractivity contribution in [2.45, 2.75) is 37.1 Å². The van der Waals surface area contributed by atoms with Gasteiger partial charge in [0.25, 0.3) is 0 Å². The van der Waals surface area contributed by atoms with Gasteiger partial charge in [0.15, 0.2) is 0 Å². The third-order valence-corrected chi connectivity index (χ3v) is 8.10. The predicted molar refractivity (Wildman–Crippen MR) is 130 cm³/mol. The van der Waals surface area contributed by atoms with Crippen LogP contribution in [0.3, 0.4) is 0 Å². The van der Waals surface area contributed by atoms with Crippen molar-refractivity contribution in [2.75, 3.05) is 54.0 Å². The van der Waals surface area contributed by atoms with Crippen molar-refractivity contribution in [2.24, 2.45) is 13.0 Å². The lowest BCUT2D eigenvalue weighted by molar-refractivity contribution is -0.148. The number of benzene rings is 1. The molecular weight excluding hydrogens is 432 g/mol. The molecule has 1 aromatic heterocycles. The molecule has 184 valence electrons. The van der Waals surface area contributed by atoms with Crippen molar-refractivity contribution in [1.82, 2.24) is 19.3 Å². The zero-order valence-corrected chi connectivity index (χ0v) is 20.7. The number of hydrogen-bond acceptors (Lipinski definition) is 5. The number of fused-ring (bicyclic) bond motifs is 4. The van der Waals surface area contributed by atoms with Crippen LogP contribution < -0.4 is 4.74 Å². The molecule has 34 heavy (non-hydrogen) atoms. The van der Waals surface area contributed by atoms with Gasteiger partial charge in [0.2, 0.25) is 11.8 Å². The van der Waals surface area contributed by atoms with E-state index in [-0.39, 0.29) is 35.8 Å². The molecular formula is C26H36N4O4. The fraction of sp³-hybridized carbons (Fsp3) is 0.615. The summed E-state index contributed by atoms with van der Waals surface area (Å²) < 4.78 is 7.60. The number of amides is 2. The molecule has 3 aliphatic rings. The molecule has 1 aliphatic carbocycles. The van der Waals surface area contributed by atoms with Gasteiger partial charge in [-0.3, -0.25) is 9.59 Å². The largest absolute Gasteiger partial charge is 0.497 e. The third kappa shape index (κ3) is 3.50. The number of aryl methyl sites for hydroxylation is 1. The molecule has 1 aromatic carbocycles. The number of hydrogen-bond donors (Lipinski definition) is 1. The van der Waals surface area contributed by atoms with Crippen molar-refractivity contribution in [1.29, 1.82) is 0 Å². The molecule has 2 aliphatic heterocycles. The first kappa shape index (κ1) is 23.2. The van der Waals surface area contributed by atoms with Crippen LogP contribution in [0.2, 0.25) is 0 Å². The van der Waals surface area contributed by atoms with Crippen molar-refractivity contribution >= 4 is 22.7 Å². The second-order valence-electron chi connectivity index (χ2n) is 10.6. The molecule has 2 aromatic rings. The Kier molecular flexibility index (Phi) is 5.84. The van der Waals surface area contributed by atoms with Gasteiger partial charge in [0.05, 0.1) is 37.2 Å². The summed E-state index contributed by atoms with van der Waals surface area (Å²) in [5, 5.41) is 11.7. The maximum Gasteiger partial charge on any atom is 0.236 e. The maximum atomic E-state index is 13.7. The molecule has 1 saturated heterocycles. The summed E-state index contributed by atoms with van der Waals surface area (Å²) in [6, 6.07) is 5.69. The number of likely N-dealkylation sites (tertiary alicyclic amines) is 1. The number of ether oxygens (including phenoxy) is 1. The quantitative estimate of drug-likeness (QED) is 0.725. The van der Waals surface area contributed by atoms with E-state index in [9.17, 15) is 14.7 Å². The van der Waals surface area contributed by atoms with Gasteiger partial charge in [-0.1, -0.05) is 12.8 Å². The number of aliphatic hydroxyl groups excluding tert-OH is 1. The topological polar surface area (TPSA) is 78.2 Å². The molecule has 1 spiro atoms. The molecule has 2 fully saturated rings. The number of aliphatic hydroxyl groups is 1. The Morgan fingerprint density at radius 2 is 1.88 bits per heavy atom. The van der Waals surface area contributed by atoms with E-state index in [2.05, 4.69) is 10.6 Å². The fourth-order valence-electron chi connectivity index (χ4n) is 6.49. The average Bonchev–Trinajstić information content (AvgIpc) is 3.43. The lowest BCUT2D eigenvalue weighted by atomic mass is 9.68. The minimum Gasteiger partial charge on any atom is -0.497 e. The van der Waals surface area contributed by atoms with Gasteiger partial charge < -0.3 is 29.1 Å². The van der Waals surface area contributed by atoms with E-state index in [4.69, 9.17) is 4.74 Å². The van der Waals surface area contributed by atoms with E-state index in [0.717, 1.165) is 48.0 Å². The van der Waals surface area contributed by atoms with Crippen LogP contribution in [0.25, 0.3) is 10.9 Å². The SMILES string of the molecule is COc1ccc2c3c(n(C)c2c1)[C@H](CO)N(C(=O)C1CCCC1)CC31CN(C(=O)CN(C)C)C1. The van der Waals surface area contributed by atoms with Crippen molar-refractivity contribution in [3.05, 3.63) is 29.5 Å². The molecule has 1 atom stereocenters. The molecule has 0 unspecified atom stereocenters. The summed E-state index contributed by atoms with van der Waals surface area (Å²) in [6.07, 6.45) is 4.02. The zero-order chi connectivity index (χ0) is 24.2. The van der Waals surface area contributed by atoms with Crippen LogP contribution in [-0.2, 0) is 22.1 Å². The Hall–Kier alpha value is -2.58. The smallest absolute Gasteiger partial charge is 0.236 e. The number of carbonyl (C=O) groups is 2. The first-order chi connectivity index (χ1) is 16.3. The Labute approximate surface area is 201 Å². The number of likely N-dealkylation sites (N-methyl/N-ethyl adjacent to an activating group) is 1. The van der Waals surface area contributed by atoms with Crippen LogP contribution >= 0.6 is 0 Å². The highest BCUT2D eigenvalue weighted by atomic mass is 16.5. The Balaban J connectivity index is 1.61. The summed E-state index contributed by atoms with van der Waals surface area (Å²) in [7, 11) is 7.47. The second kappa shape index (κ2) is 8.57. The number of carbonyl (C=O) groups excluding carboxylic acids is 2. The predicted octanol–water partition coefficient (Wildman–Crippen LogP) is 1.89. The van der Waals surface area contributed by atoms with Gasteiger partial charge in [-0.2, -0.15) is 0 Å². The van der Waals surface area contributed by atoms with Crippen LogP contribution in [-0.4, -0.2) is 90.2 Å². The monoisotopic (exact) mass is 468 g/mol. The van der Waals surface area contributed by atoms with E-state index < -0.39 is 0 Å². The number of nitrogens with zero attached hydrogens (tertiary/aromatic N) is 4. The second-order valence-corrected chi connectivity index (χ2v) is 10.6. The molecule has 0 bridgehead atoms. The van der Waals surface area contributed by atoms with Gasteiger partial charge in [0, 0.05) is 49.7 Å². The minimum absolute atomic E-state index is 0.0361. The number of methoxy groups -OCH3 is 1. The minimum atomic E-state index is -0.386. The molecule has 0 radical (unpaired) electrons. The lowest BCUT2D eigenvalue weighted by Crippen LogP contribution is -2.69. The van der Waals surface area contributed by atoms with Gasteiger partial charge in [-0.25, -0.2) is 0 Å². The standard InChI is InChI=1S/C26H36N4O4/c1-27(2)12-22(32)29-14-26(15-29)16-30(25(33)17-7-5-6-8-17)21(13-31)24-23(26)19-10-9-18(34-4)11-20(19)28(24)3/h9-11,17,21,31H,5-8,12-16H2,1-4H3/t21-/m0/s1. The highest BCUT2D eigenvalue weighted by Crippen LogP contribution is 2.50. The normalized spacial score (nSPS) is 21.9. The van der Waals surface area contributed by atoms with E-state index in [1.54, 1.807) is 7.11 Å². The Bertz CT molecular complexity index is 1110. The average molecular weight is 469 g/mol. The molecule has 3 heterocycles. The van der Waals surface area contributed by atoms with Gasteiger partial charge in [0.1, 0.15) is 5.75 Å². The van der Waals surface area contributed by atoms with Crippen molar-refractivity contribution in [3.8, 4) is 5.75 Å². The van der Waals surface area contributed by atoms with Gasteiger partial charge >= 0.3 is 0 Å². The summed E-state index contributed by atoms with van der Waals surface area (Å²) in [6.45, 7) is 1.97. The molecule has 8 heteroatoms. The third-order valence-electron chi connectivity index (χ3n) is 8.10. The lowest BCUT2D eigenvalue weighted by Gasteiger charge is -2.56. The summed E-state index contributed by atoms with van der Waals surface area (Å²) in [4.78, 5) is 32.2. The van der Waals surface area contributed by atoms with Crippen LogP contribution in [0.1, 0.15) is 43.0 Å². The molecule has 1 saturated carbocycles. The number of aromatic nitrogens is 1. The van der Waals surface area contributed by atoms with Crippen LogP contribution in [0, 0.1) is 5.92 Å². The maximum absolute atomic E-state index is 13.7. The Morgan fingerprint density at radius 3 is 2.50 bits per heavy atom. The van der Waals surface area contributed by atoms with E-state index in [1.807, 2.05) is 48.0 Å². The Morgan fingerprint density at radius 1 is 1.18 bits per heavy atom. The van der Waals surface area contributed by atoms with E-state index in [0.29, 0.717) is 26.2 Å². The van der Waals surface area contributed by atoms with Crippen molar-refractivity contribution in [3.63, 3.8) is 0 Å². The van der Waals surface area contributed by atoms with Gasteiger partial charge in [-0.05, 0) is 44.6 Å². The molecule has 2 amide bonds. The molecule has 8 nitrogen and oxygen atoms in total. The van der Waals surface area contributed by atoms with E-state index >= 15 is 0 Å². The first-order valence-corrected chi connectivity index (χ1v) is 12.3. The van der Waals surface area contributed by atoms with Crippen molar-refractivity contribution < 1.29 is 19.4 Å². The number of rotatable bonds is 5. The van der Waals surface area contributed by atoms with Crippen LogP contribution in [0.15, 0.2) is 18.2 Å². The first-order valence-electron chi connectivity index (χ1n) is 12.3. The van der Waals surface area contributed by atoms with Crippen LogP contribution in [0.5, 0.6) is 5.75 Å².